The molecular formula is C17H32O4S. The van der Waals surface area contributed by atoms with Crippen molar-refractivity contribution in [2.75, 3.05) is 12.4 Å². The van der Waals surface area contributed by atoms with E-state index in [1.165, 1.54) is 0 Å². The minimum atomic E-state index is -0.443. The molecule has 0 aliphatic rings. The van der Waals surface area contributed by atoms with Gasteiger partial charge in [0, 0.05) is 18.6 Å². The minimum absolute atomic E-state index is 0.108. The molecule has 0 saturated heterocycles. The fraction of sp³-hybridized carbons (Fsp3) is 0.882. The molecule has 0 radical (unpaired) electrons. The second kappa shape index (κ2) is 15.2. The van der Waals surface area contributed by atoms with Crippen LogP contribution in [0.15, 0.2) is 0 Å². The first-order chi connectivity index (χ1) is 10.6. The summed E-state index contributed by atoms with van der Waals surface area (Å²) in [5.74, 6) is -0.0832. The molecule has 0 unspecified atom stereocenters. The van der Waals surface area contributed by atoms with Crippen molar-refractivity contribution in [3.8, 4) is 0 Å². The zero-order valence-electron chi connectivity index (χ0n) is 14.1. The molecule has 1 atom stereocenters. The van der Waals surface area contributed by atoms with Gasteiger partial charge in [0.15, 0.2) is 0 Å². The van der Waals surface area contributed by atoms with Gasteiger partial charge in [-0.1, -0.05) is 52.4 Å². The van der Waals surface area contributed by atoms with Crippen LogP contribution in [-0.4, -0.2) is 30.4 Å². The molecule has 0 spiro atoms. The van der Waals surface area contributed by atoms with Crippen LogP contribution in [0.25, 0.3) is 0 Å². The molecule has 0 amide bonds. The van der Waals surface area contributed by atoms with E-state index >= 15 is 0 Å². The molecular weight excluding hydrogens is 300 g/mol. The zero-order valence-corrected chi connectivity index (χ0v) is 15.0. The van der Waals surface area contributed by atoms with E-state index < -0.39 is 6.10 Å². The van der Waals surface area contributed by atoms with Crippen LogP contribution in [0.3, 0.4) is 0 Å². The van der Waals surface area contributed by atoms with Crippen LogP contribution in [-0.2, 0) is 19.1 Å². The number of rotatable bonds is 14. The molecule has 0 aromatic rings. The van der Waals surface area contributed by atoms with Gasteiger partial charge in [0.1, 0.15) is 12.7 Å². The summed E-state index contributed by atoms with van der Waals surface area (Å²) in [5, 5.41) is 0. The summed E-state index contributed by atoms with van der Waals surface area (Å²) < 4.78 is 10.4. The van der Waals surface area contributed by atoms with Gasteiger partial charge in [-0.3, -0.25) is 9.59 Å². The molecule has 4 nitrogen and oxygen atoms in total. The first kappa shape index (κ1) is 21.3. The quantitative estimate of drug-likeness (QED) is 0.292. The van der Waals surface area contributed by atoms with Crippen molar-refractivity contribution < 1.29 is 19.1 Å². The standard InChI is InChI=1S/C17H32O4S/c1-3-5-7-9-11-16(18)20-13-15(14-22)21-17(19)12-10-8-6-4-2/h15,22H,3-14H2,1-2H3/t15-/m1/s1. The van der Waals surface area contributed by atoms with E-state index in [-0.39, 0.29) is 18.5 Å². The predicted octanol–water partition coefficient (Wildman–Crippen LogP) is 4.31. The lowest BCUT2D eigenvalue weighted by molar-refractivity contribution is -0.157. The van der Waals surface area contributed by atoms with E-state index in [1.807, 2.05) is 0 Å². The van der Waals surface area contributed by atoms with Crippen LogP contribution < -0.4 is 0 Å². The molecule has 0 aliphatic heterocycles. The average molecular weight is 333 g/mol. The van der Waals surface area contributed by atoms with Gasteiger partial charge in [0.05, 0.1) is 0 Å². The van der Waals surface area contributed by atoms with Gasteiger partial charge in [-0.05, 0) is 12.8 Å². The number of ether oxygens (including phenoxy) is 2. The lowest BCUT2D eigenvalue weighted by Gasteiger charge is -2.16. The maximum atomic E-state index is 11.7. The Morgan fingerprint density at radius 3 is 1.91 bits per heavy atom. The summed E-state index contributed by atoms with van der Waals surface area (Å²) in [6.07, 6.45) is 8.78. The Balaban J connectivity index is 3.76. The SMILES string of the molecule is CCCCCCC(=O)OC[C@H](CS)OC(=O)CCCCCC. The van der Waals surface area contributed by atoms with Gasteiger partial charge in [0.2, 0.25) is 0 Å². The number of unbranched alkanes of at least 4 members (excludes halogenated alkanes) is 6. The smallest absolute Gasteiger partial charge is 0.306 e. The summed E-state index contributed by atoms with van der Waals surface area (Å²) in [6.45, 7) is 4.37. The molecule has 0 fully saturated rings. The summed E-state index contributed by atoms with van der Waals surface area (Å²) in [7, 11) is 0. The molecule has 0 N–H and O–H groups in total. The van der Waals surface area contributed by atoms with Gasteiger partial charge in [-0.2, -0.15) is 12.6 Å². The summed E-state index contributed by atoms with van der Waals surface area (Å²) in [4.78, 5) is 23.2. The fourth-order valence-corrected chi connectivity index (χ4v) is 2.20. The molecule has 0 bridgehead atoms. The molecule has 0 aromatic carbocycles. The highest BCUT2D eigenvalue weighted by Gasteiger charge is 2.15. The molecule has 0 aliphatic carbocycles. The van der Waals surface area contributed by atoms with E-state index in [4.69, 9.17) is 9.47 Å². The topological polar surface area (TPSA) is 52.6 Å². The van der Waals surface area contributed by atoms with Crippen molar-refractivity contribution in [3.63, 3.8) is 0 Å². The first-order valence-electron chi connectivity index (χ1n) is 8.59. The van der Waals surface area contributed by atoms with Crippen molar-refractivity contribution in [2.24, 2.45) is 0 Å². The summed E-state index contributed by atoms with van der Waals surface area (Å²) in [6, 6.07) is 0. The fourth-order valence-electron chi connectivity index (χ4n) is 2.02. The van der Waals surface area contributed by atoms with Crippen LogP contribution >= 0.6 is 12.6 Å². The molecule has 22 heavy (non-hydrogen) atoms. The maximum absolute atomic E-state index is 11.7. The number of hydrogen-bond acceptors (Lipinski definition) is 5. The van der Waals surface area contributed by atoms with Crippen molar-refractivity contribution in [2.45, 2.75) is 84.2 Å². The third-order valence-corrected chi connectivity index (χ3v) is 3.81. The predicted molar refractivity (Wildman–Crippen MR) is 92.2 cm³/mol. The Morgan fingerprint density at radius 1 is 0.864 bits per heavy atom. The number of carbonyl (C=O) groups is 2. The van der Waals surface area contributed by atoms with Gasteiger partial charge in [0.25, 0.3) is 0 Å². The van der Waals surface area contributed by atoms with E-state index in [0.29, 0.717) is 18.6 Å². The molecule has 0 saturated carbocycles. The summed E-state index contributed by atoms with van der Waals surface area (Å²) >= 11 is 4.15. The van der Waals surface area contributed by atoms with E-state index in [9.17, 15) is 9.59 Å². The second-order valence-corrected chi connectivity index (χ2v) is 5.96. The third-order valence-electron chi connectivity index (χ3n) is 3.40. The van der Waals surface area contributed by atoms with Crippen LogP contribution in [0.2, 0.25) is 0 Å². The Bertz CT molecular complexity index is 294. The Morgan fingerprint density at radius 2 is 1.41 bits per heavy atom. The lowest BCUT2D eigenvalue weighted by atomic mass is 10.1. The van der Waals surface area contributed by atoms with Gasteiger partial charge in [-0.15, -0.1) is 0 Å². The molecule has 0 heterocycles. The highest BCUT2D eigenvalue weighted by atomic mass is 32.1. The van der Waals surface area contributed by atoms with Crippen LogP contribution in [0, 0.1) is 0 Å². The van der Waals surface area contributed by atoms with Crippen molar-refractivity contribution >= 4 is 24.6 Å². The Labute approximate surface area is 140 Å². The van der Waals surface area contributed by atoms with E-state index in [1.54, 1.807) is 0 Å². The van der Waals surface area contributed by atoms with Crippen LogP contribution in [0.4, 0.5) is 0 Å². The number of hydrogen-bond donors (Lipinski definition) is 1. The monoisotopic (exact) mass is 332 g/mol. The normalized spacial score (nSPS) is 12.0. The largest absolute Gasteiger partial charge is 0.462 e. The molecule has 0 rings (SSSR count). The van der Waals surface area contributed by atoms with Gasteiger partial charge < -0.3 is 9.47 Å². The van der Waals surface area contributed by atoms with Gasteiger partial charge in [-0.25, -0.2) is 0 Å². The number of carbonyl (C=O) groups excluding carboxylic acids is 2. The maximum Gasteiger partial charge on any atom is 0.306 e. The van der Waals surface area contributed by atoms with Crippen LogP contribution in [0.5, 0.6) is 0 Å². The van der Waals surface area contributed by atoms with E-state index in [0.717, 1.165) is 51.4 Å². The highest BCUT2D eigenvalue weighted by molar-refractivity contribution is 7.80. The summed E-state index contributed by atoms with van der Waals surface area (Å²) in [5.41, 5.74) is 0. The minimum Gasteiger partial charge on any atom is -0.462 e. The van der Waals surface area contributed by atoms with Crippen molar-refractivity contribution in [3.05, 3.63) is 0 Å². The highest BCUT2D eigenvalue weighted by Crippen LogP contribution is 2.07. The number of esters is 2. The lowest BCUT2D eigenvalue weighted by Crippen LogP contribution is -2.26. The molecule has 130 valence electrons. The first-order valence-corrected chi connectivity index (χ1v) is 9.23. The van der Waals surface area contributed by atoms with Crippen molar-refractivity contribution in [1.82, 2.24) is 0 Å². The average Bonchev–Trinajstić information content (AvgIpc) is 2.52. The zero-order chi connectivity index (χ0) is 16.6. The third kappa shape index (κ3) is 13.0. The Hall–Kier alpha value is -0.710. The Kier molecular flexibility index (Phi) is 14.7. The van der Waals surface area contributed by atoms with Crippen molar-refractivity contribution in [1.29, 1.82) is 0 Å². The second-order valence-electron chi connectivity index (χ2n) is 5.60. The number of thiol groups is 1. The molecule has 5 heteroatoms. The van der Waals surface area contributed by atoms with Gasteiger partial charge >= 0.3 is 11.9 Å². The van der Waals surface area contributed by atoms with Crippen LogP contribution in [0.1, 0.15) is 78.1 Å². The van der Waals surface area contributed by atoms with E-state index in [2.05, 4.69) is 26.5 Å². The molecule has 0 aromatic heterocycles.